The van der Waals surface area contributed by atoms with Gasteiger partial charge in [0.1, 0.15) is 5.69 Å². The predicted octanol–water partition coefficient (Wildman–Crippen LogP) is 1.01. The second kappa shape index (κ2) is 7.53. The molecule has 1 aliphatic rings. The number of halogens is 2. The van der Waals surface area contributed by atoms with Crippen LogP contribution in [0.25, 0.3) is 0 Å². The summed E-state index contributed by atoms with van der Waals surface area (Å²) in [6.45, 7) is 2.02. The van der Waals surface area contributed by atoms with Gasteiger partial charge in [-0.15, -0.1) is 24.8 Å². The van der Waals surface area contributed by atoms with Gasteiger partial charge >= 0.3 is 0 Å². The van der Waals surface area contributed by atoms with Crippen LogP contribution in [0.2, 0.25) is 0 Å². The van der Waals surface area contributed by atoms with Crippen molar-refractivity contribution in [3.8, 4) is 0 Å². The zero-order valence-corrected chi connectivity index (χ0v) is 11.3. The van der Waals surface area contributed by atoms with Crippen LogP contribution in [-0.2, 0) is 0 Å². The smallest absolute Gasteiger partial charge is 0.271 e. The van der Waals surface area contributed by atoms with Gasteiger partial charge in [-0.25, -0.2) is 0 Å². The van der Waals surface area contributed by atoms with E-state index in [1.807, 2.05) is 10.9 Å². The second-order valence-corrected chi connectivity index (χ2v) is 3.76. The van der Waals surface area contributed by atoms with Crippen molar-refractivity contribution in [2.45, 2.75) is 18.9 Å². The monoisotopic (exact) mass is 280 g/mol. The molecule has 98 valence electrons. The zero-order chi connectivity index (χ0) is 10.7. The summed E-state index contributed by atoms with van der Waals surface area (Å²) in [6.07, 6.45) is 4.17. The standard InChI is InChI=1S/C10H16N4O.2ClH/c1-11-10(15)9-4-6-14(13-9)8-3-2-5-12-7-8;;/h4,6,8,12H,2-3,5,7H2,1H3,(H,11,15);2*1H. The van der Waals surface area contributed by atoms with Gasteiger partial charge in [0.05, 0.1) is 6.04 Å². The van der Waals surface area contributed by atoms with Gasteiger partial charge in [0, 0.05) is 19.8 Å². The maximum atomic E-state index is 11.3. The van der Waals surface area contributed by atoms with E-state index in [-0.39, 0.29) is 30.7 Å². The van der Waals surface area contributed by atoms with Gasteiger partial charge in [-0.1, -0.05) is 0 Å². The lowest BCUT2D eigenvalue weighted by Gasteiger charge is -2.22. The normalized spacial score (nSPS) is 18.8. The number of carbonyl (C=O) groups excluding carboxylic acids is 1. The van der Waals surface area contributed by atoms with Crippen LogP contribution < -0.4 is 10.6 Å². The molecule has 1 aliphatic heterocycles. The summed E-state index contributed by atoms with van der Waals surface area (Å²) in [5.41, 5.74) is 0.489. The van der Waals surface area contributed by atoms with E-state index in [4.69, 9.17) is 0 Å². The first-order chi connectivity index (χ1) is 7.31. The van der Waals surface area contributed by atoms with Crippen molar-refractivity contribution in [2.24, 2.45) is 0 Å². The van der Waals surface area contributed by atoms with Gasteiger partial charge < -0.3 is 10.6 Å². The first-order valence-corrected chi connectivity index (χ1v) is 5.29. The van der Waals surface area contributed by atoms with Crippen molar-refractivity contribution in [1.82, 2.24) is 20.4 Å². The highest BCUT2D eigenvalue weighted by Crippen LogP contribution is 2.15. The minimum Gasteiger partial charge on any atom is -0.354 e. The Morgan fingerprint density at radius 2 is 2.35 bits per heavy atom. The van der Waals surface area contributed by atoms with Crippen molar-refractivity contribution in [1.29, 1.82) is 0 Å². The Morgan fingerprint density at radius 3 is 2.94 bits per heavy atom. The third-order valence-corrected chi connectivity index (χ3v) is 2.71. The molecular weight excluding hydrogens is 263 g/mol. The summed E-state index contributed by atoms with van der Waals surface area (Å²) < 4.78 is 1.89. The number of piperidine rings is 1. The zero-order valence-electron chi connectivity index (χ0n) is 9.68. The van der Waals surface area contributed by atoms with Crippen molar-refractivity contribution >= 4 is 30.7 Å². The number of carbonyl (C=O) groups is 1. The molecule has 1 atom stereocenters. The fourth-order valence-electron chi connectivity index (χ4n) is 1.85. The highest BCUT2D eigenvalue weighted by atomic mass is 35.5. The maximum absolute atomic E-state index is 11.3. The van der Waals surface area contributed by atoms with Gasteiger partial charge in [0.15, 0.2) is 0 Å². The summed E-state index contributed by atoms with van der Waals surface area (Å²) in [5.74, 6) is -0.127. The highest BCUT2D eigenvalue weighted by molar-refractivity contribution is 5.91. The molecule has 0 saturated carbocycles. The number of nitrogens with zero attached hydrogens (tertiary/aromatic N) is 2. The molecule has 2 rings (SSSR count). The molecule has 5 nitrogen and oxygen atoms in total. The lowest BCUT2D eigenvalue weighted by molar-refractivity contribution is 0.0957. The predicted molar refractivity (Wildman–Crippen MR) is 71.3 cm³/mol. The minimum absolute atomic E-state index is 0. The molecule has 1 saturated heterocycles. The Morgan fingerprint density at radius 1 is 1.59 bits per heavy atom. The topological polar surface area (TPSA) is 59.0 Å². The van der Waals surface area contributed by atoms with Crippen LogP contribution in [0.3, 0.4) is 0 Å². The lowest BCUT2D eigenvalue weighted by Crippen LogP contribution is -2.32. The molecule has 2 heterocycles. The number of nitrogens with one attached hydrogen (secondary N) is 2. The summed E-state index contributed by atoms with van der Waals surface area (Å²) >= 11 is 0. The molecule has 7 heteroatoms. The van der Waals surface area contributed by atoms with E-state index < -0.39 is 0 Å². The molecule has 17 heavy (non-hydrogen) atoms. The minimum atomic E-state index is -0.127. The Bertz CT molecular complexity index is 350. The Hall–Kier alpha value is -0.780. The number of hydrogen-bond acceptors (Lipinski definition) is 3. The van der Waals surface area contributed by atoms with Crippen molar-refractivity contribution < 1.29 is 4.79 Å². The average Bonchev–Trinajstić information content (AvgIpc) is 2.78. The second-order valence-electron chi connectivity index (χ2n) is 3.76. The van der Waals surface area contributed by atoms with E-state index >= 15 is 0 Å². The molecule has 1 amide bonds. The summed E-state index contributed by atoms with van der Waals surface area (Å²) in [7, 11) is 1.61. The summed E-state index contributed by atoms with van der Waals surface area (Å²) in [6, 6.07) is 2.14. The van der Waals surface area contributed by atoms with Gasteiger partial charge in [0.25, 0.3) is 5.91 Å². The molecule has 0 aromatic carbocycles. The molecule has 1 aromatic rings. The average molecular weight is 281 g/mol. The van der Waals surface area contributed by atoms with E-state index in [1.165, 1.54) is 6.42 Å². The number of aromatic nitrogens is 2. The molecule has 0 bridgehead atoms. The molecular formula is C10H18Cl2N4O. The Balaban J connectivity index is 0.00000128. The van der Waals surface area contributed by atoms with E-state index in [2.05, 4.69) is 15.7 Å². The van der Waals surface area contributed by atoms with Gasteiger partial charge in [-0.3, -0.25) is 9.48 Å². The maximum Gasteiger partial charge on any atom is 0.271 e. The van der Waals surface area contributed by atoms with Crippen LogP contribution in [0.1, 0.15) is 29.4 Å². The van der Waals surface area contributed by atoms with E-state index in [1.54, 1.807) is 13.1 Å². The van der Waals surface area contributed by atoms with Crippen molar-refractivity contribution in [2.75, 3.05) is 20.1 Å². The Kier molecular flexibility index (Phi) is 7.18. The third kappa shape index (κ3) is 3.87. The van der Waals surface area contributed by atoms with E-state index in [0.717, 1.165) is 19.5 Å². The SMILES string of the molecule is CNC(=O)c1ccn(C2CCCNC2)n1.Cl.Cl. The molecule has 1 unspecified atom stereocenters. The van der Waals surface area contributed by atoms with E-state index in [0.29, 0.717) is 11.7 Å². The third-order valence-electron chi connectivity index (χ3n) is 2.71. The fraction of sp³-hybridized carbons (Fsp3) is 0.600. The largest absolute Gasteiger partial charge is 0.354 e. The summed E-state index contributed by atoms with van der Waals surface area (Å²) in [5, 5.41) is 10.2. The first-order valence-electron chi connectivity index (χ1n) is 5.29. The number of hydrogen-bond donors (Lipinski definition) is 2. The van der Waals surface area contributed by atoms with Crippen molar-refractivity contribution in [3.05, 3.63) is 18.0 Å². The van der Waals surface area contributed by atoms with Crippen LogP contribution in [0.5, 0.6) is 0 Å². The molecule has 0 spiro atoms. The quantitative estimate of drug-likeness (QED) is 0.850. The molecule has 1 fully saturated rings. The highest BCUT2D eigenvalue weighted by Gasteiger charge is 2.16. The summed E-state index contributed by atoms with van der Waals surface area (Å²) in [4.78, 5) is 11.3. The van der Waals surface area contributed by atoms with Crippen LogP contribution >= 0.6 is 24.8 Å². The Labute approximate surface area is 113 Å². The molecule has 1 aromatic heterocycles. The van der Waals surface area contributed by atoms with Crippen LogP contribution in [0, 0.1) is 0 Å². The van der Waals surface area contributed by atoms with Crippen molar-refractivity contribution in [3.63, 3.8) is 0 Å². The first kappa shape index (κ1) is 16.2. The fourth-order valence-corrected chi connectivity index (χ4v) is 1.85. The molecule has 2 N–H and O–H groups in total. The van der Waals surface area contributed by atoms with Crippen LogP contribution in [-0.4, -0.2) is 35.8 Å². The van der Waals surface area contributed by atoms with Gasteiger partial charge in [0.2, 0.25) is 0 Å². The molecule has 0 aliphatic carbocycles. The van der Waals surface area contributed by atoms with Crippen LogP contribution in [0.15, 0.2) is 12.3 Å². The van der Waals surface area contributed by atoms with Crippen LogP contribution in [0.4, 0.5) is 0 Å². The number of rotatable bonds is 2. The number of amides is 1. The van der Waals surface area contributed by atoms with Gasteiger partial charge in [-0.05, 0) is 25.5 Å². The van der Waals surface area contributed by atoms with E-state index in [9.17, 15) is 4.79 Å². The molecule has 0 radical (unpaired) electrons. The lowest BCUT2D eigenvalue weighted by atomic mass is 10.1. The van der Waals surface area contributed by atoms with Gasteiger partial charge in [-0.2, -0.15) is 5.10 Å².